The van der Waals surface area contributed by atoms with Crippen LogP contribution in [0.15, 0.2) is 24.3 Å². The van der Waals surface area contributed by atoms with Gasteiger partial charge in [0.2, 0.25) is 11.5 Å². The molecule has 0 N–H and O–H groups in total. The molecular formula is C11H14N3O2+. The van der Waals surface area contributed by atoms with E-state index in [0.717, 1.165) is 18.9 Å². The van der Waals surface area contributed by atoms with Gasteiger partial charge in [0, 0.05) is 13.0 Å². The van der Waals surface area contributed by atoms with E-state index in [1.807, 2.05) is 24.9 Å². The van der Waals surface area contributed by atoms with Gasteiger partial charge < -0.3 is 0 Å². The Labute approximate surface area is 93.8 Å². The number of rotatable bonds is 2. The predicted octanol–water partition coefficient (Wildman–Crippen LogP) is 1.48. The van der Waals surface area contributed by atoms with E-state index in [0.29, 0.717) is 5.69 Å². The molecule has 0 fully saturated rings. The lowest BCUT2D eigenvalue weighted by atomic mass is 10.2. The largest absolute Gasteiger partial charge is 0.315 e. The molecule has 0 unspecified atom stereocenters. The number of hydrogen-bond donors (Lipinski definition) is 0. The Hall–Kier alpha value is -1.91. The minimum absolute atomic E-state index is 0.164. The van der Waals surface area contributed by atoms with Crippen LogP contribution in [-0.4, -0.2) is 35.5 Å². The molecular weight excluding hydrogens is 206 g/mol. The quantitative estimate of drug-likeness (QED) is 0.431. The lowest BCUT2D eigenvalue weighted by Gasteiger charge is -2.09. The van der Waals surface area contributed by atoms with Crippen LogP contribution in [0.2, 0.25) is 0 Å². The third-order valence-electron chi connectivity index (χ3n) is 2.97. The minimum atomic E-state index is -0.332. The van der Waals surface area contributed by atoms with E-state index < -0.39 is 0 Å². The average molecular weight is 220 g/mol. The summed E-state index contributed by atoms with van der Waals surface area (Å²) < 4.78 is 2.09. The van der Waals surface area contributed by atoms with E-state index in [-0.39, 0.29) is 10.6 Å². The standard InChI is InChI=1S/C11H14N3O2/c1-9-12(2)7-8-13(9)10-5-3-4-6-11(10)14(15)16/h3-6H,7-8H2,1-2H3/q+1. The van der Waals surface area contributed by atoms with Gasteiger partial charge in [0.15, 0.2) is 0 Å². The van der Waals surface area contributed by atoms with Crippen molar-refractivity contribution < 1.29 is 9.50 Å². The highest BCUT2D eigenvalue weighted by Gasteiger charge is 2.31. The molecule has 1 aliphatic rings. The Balaban J connectivity index is 2.46. The maximum Gasteiger partial charge on any atom is 0.315 e. The van der Waals surface area contributed by atoms with Crippen LogP contribution >= 0.6 is 0 Å². The van der Waals surface area contributed by atoms with Crippen molar-refractivity contribution in [1.29, 1.82) is 0 Å². The molecule has 0 spiro atoms. The Morgan fingerprint density at radius 1 is 1.44 bits per heavy atom. The Kier molecular flexibility index (Phi) is 2.60. The summed E-state index contributed by atoms with van der Waals surface area (Å²) in [6.45, 7) is 3.68. The van der Waals surface area contributed by atoms with E-state index in [1.165, 1.54) is 0 Å². The molecule has 1 aromatic carbocycles. The topological polar surface area (TPSA) is 49.4 Å². The van der Waals surface area contributed by atoms with Crippen LogP contribution in [0.5, 0.6) is 0 Å². The first-order valence-electron chi connectivity index (χ1n) is 5.17. The Bertz CT molecular complexity index is 468. The zero-order valence-corrected chi connectivity index (χ0v) is 9.38. The SMILES string of the molecule is CC1=[N+](C)CCN1c1ccccc1[N+](=O)[O-]. The first kappa shape index (κ1) is 10.6. The van der Waals surface area contributed by atoms with Crippen LogP contribution in [0, 0.1) is 10.1 Å². The Morgan fingerprint density at radius 2 is 2.12 bits per heavy atom. The molecule has 0 aromatic heterocycles. The molecule has 0 radical (unpaired) electrons. The fraction of sp³-hybridized carbons (Fsp3) is 0.364. The zero-order valence-electron chi connectivity index (χ0n) is 9.38. The fourth-order valence-electron chi connectivity index (χ4n) is 1.92. The van der Waals surface area contributed by atoms with Gasteiger partial charge in [0.05, 0.1) is 12.0 Å². The number of benzene rings is 1. The van der Waals surface area contributed by atoms with E-state index in [1.54, 1.807) is 18.2 Å². The van der Waals surface area contributed by atoms with Gasteiger partial charge in [-0.2, -0.15) is 0 Å². The second kappa shape index (κ2) is 3.92. The summed E-state index contributed by atoms with van der Waals surface area (Å²) in [4.78, 5) is 12.6. The highest BCUT2D eigenvalue weighted by atomic mass is 16.6. The van der Waals surface area contributed by atoms with Crippen molar-refractivity contribution >= 4 is 17.2 Å². The molecule has 84 valence electrons. The molecule has 0 saturated heterocycles. The monoisotopic (exact) mass is 220 g/mol. The second-order valence-electron chi connectivity index (χ2n) is 3.87. The predicted molar refractivity (Wildman–Crippen MR) is 62.2 cm³/mol. The van der Waals surface area contributed by atoms with Gasteiger partial charge in [-0.1, -0.05) is 12.1 Å². The first-order chi connectivity index (χ1) is 7.61. The molecule has 0 bridgehead atoms. The third-order valence-corrected chi connectivity index (χ3v) is 2.97. The number of para-hydroxylation sites is 2. The van der Waals surface area contributed by atoms with Gasteiger partial charge in [0.25, 0.3) is 0 Å². The molecule has 1 heterocycles. The van der Waals surface area contributed by atoms with Gasteiger partial charge in [-0.15, -0.1) is 0 Å². The van der Waals surface area contributed by atoms with Crippen molar-refractivity contribution in [2.24, 2.45) is 0 Å². The zero-order chi connectivity index (χ0) is 11.7. The highest BCUT2D eigenvalue weighted by molar-refractivity contribution is 5.95. The summed E-state index contributed by atoms with van der Waals surface area (Å²) in [7, 11) is 1.99. The molecule has 16 heavy (non-hydrogen) atoms. The van der Waals surface area contributed by atoms with E-state index in [2.05, 4.69) is 4.58 Å². The minimum Gasteiger partial charge on any atom is -0.264 e. The molecule has 0 aliphatic carbocycles. The molecule has 5 nitrogen and oxygen atoms in total. The van der Waals surface area contributed by atoms with Gasteiger partial charge in [0.1, 0.15) is 13.1 Å². The first-order valence-corrected chi connectivity index (χ1v) is 5.17. The van der Waals surface area contributed by atoms with Crippen molar-refractivity contribution in [3.05, 3.63) is 34.4 Å². The highest BCUT2D eigenvalue weighted by Crippen LogP contribution is 2.28. The number of hydrogen-bond acceptors (Lipinski definition) is 3. The molecule has 0 saturated carbocycles. The number of nitro groups is 1. The molecule has 1 aliphatic heterocycles. The molecule has 5 heteroatoms. The number of amidine groups is 1. The van der Waals surface area contributed by atoms with Gasteiger partial charge in [-0.05, 0) is 6.07 Å². The number of anilines is 1. The number of nitrogens with zero attached hydrogens (tertiary/aromatic N) is 3. The molecule has 1 aromatic rings. The van der Waals surface area contributed by atoms with Crippen molar-refractivity contribution in [2.75, 3.05) is 25.0 Å². The number of nitro benzene ring substituents is 1. The summed E-state index contributed by atoms with van der Waals surface area (Å²) in [5.74, 6) is 1.05. The Morgan fingerprint density at radius 3 is 2.69 bits per heavy atom. The molecule has 0 amide bonds. The summed E-state index contributed by atoms with van der Waals surface area (Å²) in [5.41, 5.74) is 0.839. The van der Waals surface area contributed by atoms with Crippen molar-refractivity contribution in [2.45, 2.75) is 6.92 Å². The lowest BCUT2D eigenvalue weighted by Crippen LogP contribution is -2.26. The van der Waals surface area contributed by atoms with Gasteiger partial charge >= 0.3 is 5.69 Å². The normalized spacial score (nSPS) is 15.8. The maximum atomic E-state index is 10.9. The second-order valence-corrected chi connectivity index (χ2v) is 3.87. The van der Waals surface area contributed by atoms with Crippen LogP contribution in [0.25, 0.3) is 0 Å². The van der Waals surface area contributed by atoms with Crippen molar-refractivity contribution in [3.8, 4) is 0 Å². The third kappa shape index (κ3) is 1.64. The smallest absolute Gasteiger partial charge is 0.264 e. The van der Waals surface area contributed by atoms with Gasteiger partial charge in [-0.3, -0.25) is 14.7 Å². The average Bonchev–Trinajstić information content (AvgIpc) is 2.60. The summed E-state index contributed by atoms with van der Waals surface area (Å²) >= 11 is 0. The molecule has 0 atom stereocenters. The van der Waals surface area contributed by atoms with Crippen LogP contribution < -0.4 is 4.90 Å². The van der Waals surface area contributed by atoms with Gasteiger partial charge in [-0.25, -0.2) is 4.90 Å². The summed E-state index contributed by atoms with van der Waals surface area (Å²) in [5, 5.41) is 10.9. The molecule has 2 rings (SSSR count). The van der Waals surface area contributed by atoms with Crippen LogP contribution in [-0.2, 0) is 0 Å². The van der Waals surface area contributed by atoms with E-state index >= 15 is 0 Å². The van der Waals surface area contributed by atoms with Crippen LogP contribution in [0.4, 0.5) is 11.4 Å². The van der Waals surface area contributed by atoms with Crippen molar-refractivity contribution in [3.63, 3.8) is 0 Å². The van der Waals surface area contributed by atoms with E-state index in [9.17, 15) is 10.1 Å². The fourth-order valence-corrected chi connectivity index (χ4v) is 1.92. The lowest BCUT2D eigenvalue weighted by molar-refractivity contribution is -0.486. The summed E-state index contributed by atoms with van der Waals surface area (Å²) in [6, 6.07) is 6.85. The van der Waals surface area contributed by atoms with Crippen LogP contribution in [0.1, 0.15) is 6.92 Å². The maximum absolute atomic E-state index is 10.9. The van der Waals surface area contributed by atoms with E-state index in [4.69, 9.17) is 0 Å². The van der Waals surface area contributed by atoms with Crippen molar-refractivity contribution in [1.82, 2.24) is 0 Å². The number of likely N-dealkylation sites (N-methyl/N-ethyl adjacent to an activating group) is 1. The van der Waals surface area contributed by atoms with Crippen LogP contribution in [0.3, 0.4) is 0 Å². The summed E-state index contributed by atoms with van der Waals surface area (Å²) in [6.07, 6.45) is 0.